The SMILES string of the molecule is CC12CCC(/C=C/C(=C/C=C3\CCC4(C)C3=[N+](CC(O)CS(=O)(=O)O)c3ccc(S(=O)(=O)O)cc34)OCCS(=O)(=O)O)=C1N(/C=C(/O)CS(=O)(=O)O)c1ccc(SOO)cc12. The minimum atomic E-state index is -4.63. The number of fused-ring (bicyclic) bond motifs is 6. The van der Waals surface area contributed by atoms with Crippen molar-refractivity contribution in [1.29, 1.82) is 0 Å². The van der Waals surface area contributed by atoms with Crippen molar-refractivity contribution in [3.05, 3.63) is 106 Å². The second-order valence-corrected chi connectivity index (χ2v) is 22.1. The van der Waals surface area contributed by atoms with Crippen LogP contribution in [0.25, 0.3) is 0 Å². The summed E-state index contributed by atoms with van der Waals surface area (Å²) in [5, 5.41) is 30.5. The number of hydrogen-bond donors (Lipinski definition) is 7. The van der Waals surface area contributed by atoms with Crippen molar-refractivity contribution < 1.29 is 81.0 Å². The standard InChI is InChI=1S/C37H42N2O17S5/c1-36-13-11-23(34(36)38(19-25(40)21-59(46,47)48)32-9-7-28(57-56-42)17-30(32)36)3-5-27(55-15-16-58(43,44)45)6-4-24-12-14-37(2)31-18-29(61(52,53)54)8-10-33(31)39(35(24)37)20-26(41)22-60(49,50)51/h3-10,17-19,26,41H,11-16,20-22H2,1-2H3,(H5-,40,42,43,44,45,46,47,48,49,50,51,52,53,54)/p+1/b25-19+. The van der Waals surface area contributed by atoms with E-state index in [-0.39, 0.29) is 17.2 Å². The first kappa shape index (κ1) is 46.6. The van der Waals surface area contributed by atoms with E-state index in [2.05, 4.69) is 4.33 Å². The molecule has 0 radical (unpaired) electrons. The molecular weight excluding hydrogens is 905 g/mol. The van der Waals surface area contributed by atoms with Crippen molar-refractivity contribution in [2.24, 2.45) is 0 Å². The summed E-state index contributed by atoms with van der Waals surface area (Å²) in [6.07, 6.45) is 7.71. The van der Waals surface area contributed by atoms with Gasteiger partial charge >= 0.3 is 0 Å². The highest BCUT2D eigenvalue weighted by molar-refractivity contribution is 7.94. The Morgan fingerprint density at radius 2 is 1.62 bits per heavy atom. The van der Waals surface area contributed by atoms with Gasteiger partial charge in [-0.25, -0.2) is 5.26 Å². The maximum atomic E-state index is 12.1. The molecule has 6 rings (SSSR count). The molecule has 3 unspecified atom stereocenters. The second kappa shape index (κ2) is 17.0. The molecule has 4 aliphatic rings. The molecule has 61 heavy (non-hydrogen) atoms. The van der Waals surface area contributed by atoms with Crippen LogP contribution in [0.5, 0.6) is 0 Å². The van der Waals surface area contributed by atoms with Crippen LogP contribution in [0.3, 0.4) is 0 Å². The number of rotatable bonds is 17. The molecule has 0 amide bonds. The first-order valence-electron chi connectivity index (χ1n) is 18.3. The largest absolute Gasteiger partial charge is 0.510 e. The first-order valence-corrected chi connectivity index (χ1v) is 25.3. The lowest BCUT2D eigenvalue weighted by Crippen LogP contribution is -2.33. The van der Waals surface area contributed by atoms with Crippen LogP contribution >= 0.6 is 12.0 Å². The topological polar surface area (TPSA) is 303 Å². The number of anilines is 1. The van der Waals surface area contributed by atoms with E-state index in [0.717, 1.165) is 11.6 Å². The molecule has 2 aliphatic carbocycles. The predicted octanol–water partition coefficient (Wildman–Crippen LogP) is 4.21. The van der Waals surface area contributed by atoms with E-state index >= 15 is 0 Å². The van der Waals surface area contributed by atoms with Crippen LogP contribution in [-0.2, 0) is 60.4 Å². The number of aliphatic hydroxyl groups excluding tert-OH is 2. The molecule has 19 nitrogen and oxygen atoms in total. The van der Waals surface area contributed by atoms with E-state index in [1.165, 1.54) is 30.5 Å². The Balaban J connectivity index is 1.45. The monoisotopic (exact) mass is 947 g/mol. The molecule has 2 heterocycles. The van der Waals surface area contributed by atoms with Crippen molar-refractivity contribution in [3.8, 4) is 0 Å². The van der Waals surface area contributed by atoms with Crippen LogP contribution in [-0.4, -0.2) is 114 Å². The van der Waals surface area contributed by atoms with E-state index in [0.29, 0.717) is 82.1 Å². The number of aliphatic hydroxyl groups is 2. The fraction of sp³-hybridized carbons (Fsp3) is 0.378. The van der Waals surface area contributed by atoms with Crippen LogP contribution in [0.2, 0.25) is 0 Å². The maximum absolute atomic E-state index is 12.1. The van der Waals surface area contributed by atoms with E-state index in [1.54, 1.807) is 39.8 Å². The van der Waals surface area contributed by atoms with Gasteiger partial charge in [-0.1, -0.05) is 6.08 Å². The molecule has 24 heteroatoms. The highest BCUT2D eigenvalue weighted by Gasteiger charge is 2.54. The molecular formula is C37H43N2O17S5+. The zero-order valence-corrected chi connectivity index (χ0v) is 36.5. The molecule has 0 spiro atoms. The quantitative estimate of drug-likeness (QED) is 0.0222. The average Bonchev–Trinajstić information content (AvgIpc) is 3.78. The Labute approximate surface area is 356 Å². The number of ether oxygens (including phenoxy) is 1. The van der Waals surface area contributed by atoms with Crippen LogP contribution in [0.4, 0.5) is 11.4 Å². The van der Waals surface area contributed by atoms with Crippen molar-refractivity contribution in [3.63, 3.8) is 0 Å². The summed E-state index contributed by atoms with van der Waals surface area (Å²) in [4.78, 5) is 1.75. The van der Waals surface area contributed by atoms with Gasteiger partial charge in [0.15, 0.2) is 12.3 Å². The molecule has 0 saturated heterocycles. The summed E-state index contributed by atoms with van der Waals surface area (Å²) in [6.45, 7) is 2.93. The summed E-state index contributed by atoms with van der Waals surface area (Å²) in [7, 11) is -18.3. The normalized spacial score (nSPS) is 23.3. The minimum Gasteiger partial charge on any atom is -0.510 e. The molecule has 3 atom stereocenters. The fourth-order valence-corrected chi connectivity index (χ4v) is 10.8. The summed E-state index contributed by atoms with van der Waals surface area (Å²) < 4.78 is 144. The number of β-amino-alcohol motifs (C(OH)–C–C–N with tert-alkyl or cyclic N) is 1. The number of benzene rings is 2. The van der Waals surface area contributed by atoms with Gasteiger partial charge < -0.3 is 19.8 Å². The van der Waals surface area contributed by atoms with Crippen molar-refractivity contribution >= 4 is 69.6 Å². The van der Waals surface area contributed by atoms with Crippen molar-refractivity contribution in [2.75, 3.05) is 35.3 Å². The van der Waals surface area contributed by atoms with E-state index in [1.807, 2.05) is 13.8 Å². The van der Waals surface area contributed by atoms with E-state index in [9.17, 15) is 62.1 Å². The fourth-order valence-electron chi connectivity index (χ4n) is 8.53. The Hall–Kier alpha value is -3.92. The van der Waals surface area contributed by atoms with Crippen molar-refractivity contribution in [1.82, 2.24) is 0 Å². The average molecular weight is 948 g/mol. The number of allylic oxidation sites excluding steroid dienone is 7. The highest BCUT2D eigenvalue weighted by Crippen LogP contribution is 2.57. The summed E-state index contributed by atoms with van der Waals surface area (Å²) in [6, 6.07) is 8.98. The Morgan fingerprint density at radius 1 is 0.918 bits per heavy atom. The molecule has 0 aromatic heterocycles. The van der Waals surface area contributed by atoms with Crippen molar-refractivity contribution in [2.45, 2.75) is 66.3 Å². The first-order chi connectivity index (χ1) is 28.2. The summed E-state index contributed by atoms with van der Waals surface area (Å²) >= 11 is 0.700. The Morgan fingerprint density at radius 3 is 2.26 bits per heavy atom. The lowest BCUT2D eigenvalue weighted by atomic mass is 9.81. The zero-order chi connectivity index (χ0) is 44.9. The molecule has 332 valence electrons. The summed E-state index contributed by atoms with van der Waals surface area (Å²) in [5.41, 5.74) is 3.06. The molecule has 1 fully saturated rings. The van der Waals surface area contributed by atoms with Gasteiger partial charge in [0.25, 0.3) is 40.5 Å². The van der Waals surface area contributed by atoms with Gasteiger partial charge in [-0.15, -0.1) is 0 Å². The van der Waals surface area contributed by atoms with E-state index < -0.39 is 87.0 Å². The lowest BCUT2D eigenvalue weighted by molar-refractivity contribution is -0.448. The second-order valence-electron chi connectivity index (χ2n) is 15.3. The highest BCUT2D eigenvalue weighted by atomic mass is 32.2. The third kappa shape index (κ3) is 10.3. The maximum Gasteiger partial charge on any atom is 0.294 e. The molecule has 2 aromatic rings. The third-order valence-electron chi connectivity index (χ3n) is 11.0. The minimum absolute atomic E-state index is 0.0970. The summed E-state index contributed by atoms with van der Waals surface area (Å²) in [5.74, 6) is -3.39. The molecule has 7 N–H and O–H groups in total. The van der Waals surface area contributed by atoms with Gasteiger partial charge in [-0.2, -0.15) is 42.6 Å². The molecule has 2 aromatic carbocycles. The Bertz CT molecular complexity index is 2790. The van der Waals surface area contributed by atoms with E-state index in [4.69, 9.17) is 9.99 Å². The number of nitrogens with zero attached hydrogens (tertiary/aromatic N) is 2. The molecule has 1 saturated carbocycles. The van der Waals surface area contributed by atoms with Crippen LogP contribution in [0.1, 0.15) is 50.7 Å². The smallest absolute Gasteiger partial charge is 0.294 e. The Kier molecular flexibility index (Phi) is 13.0. The van der Waals surface area contributed by atoms with Crippen LogP contribution in [0.15, 0.2) is 105 Å². The molecule has 0 bridgehead atoms. The van der Waals surface area contributed by atoms with Gasteiger partial charge in [0.2, 0.25) is 5.69 Å². The van der Waals surface area contributed by atoms with Gasteiger partial charge in [0.1, 0.15) is 41.5 Å². The third-order valence-corrected chi connectivity index (χ3v) is 14.5. The zero-order valence-electron chi connectivity index (χ0n) is 32.4. The van der Waals surface area contributed by atoms with Gasteiger partial charge in [-0.3, -0.25) is 18.2 Å². The molecule has 2 aliphatic heterocycles. The van der Waals surface area contributed by atoms with Crippen LogP contribution in [0, 0.1) is 0 Å². The van der Waals surface area contributed by atoms with Gasteiger partial charge in [0, 0.05) is 45.1 Å². The number of hydrogen-bond acceptors (Lipinski definition) is 15. The van der Waals surface area contributed by atoms with Gasteiger partial charge in [-0.05, 0) is 99.2 Å². The lowest BCUT2D eigenvalue weighted by Gasteiger charge is -2.24. The van der Waals surface area contributed by atoms with Gasteiger partial charge in [0.05, 0.1) is 22.4 Å². The van der Waals surface area contributed by atoms with Crippen LogP contribution < -0.4 is 4.90 Å². The predicted molar refractivity (Wildman–Crippen MR) is 222 cm³/mol.